The van der Waals surface area contributed by atoms with Crippen molar-refractivity contribution in [2.24, 2.45) is 5.92 Å². The van der Waals surface area contributed by atoms with Crippen LogP contribution in [0.4, 0.5) is 0 Å². The van der Waals surface area contributed by atoms with E-state index in [-0.39, 0.29) is 0 Å². The lowest BCUT2D eigenvalue weighted by molar-refractivity contribution is 0.435. The highest BCUT2D eigenvalue weighted by Crippen LogP contribution is 2.18. The summed E-state index contributed by atoms with van der Waals surface area (Å²) in [6.45, 7) is 3.59. The Balaban J connectivity index is 1.79. The van der Waals surface area contributed by atoms with E-state index in [1.54, 1.807) is 0 Å². The van der Waals surface area contributed by atoms with Crippen molar-refractivity contribution in [2.45, 2.75) is 38.6 Å². The van der Waals surface area contributed by atoms with Crippen LogP contribution in [0, 0.1) is 5.92 Å². The van der Waals surface area contributed by atoms with Crippen molar-refractivity contribution in [3.05, 3.63) is 35.9 Å². The second-order valence-corrected chi connectivity index (χ2v) is 4.82. The van der Waals surface area contributed by atoms with Crippen molar-refractivity contribution in [3.8, 4) is 0 Å². The van der Waals surface area contributed by atoms with Gasteiger partial charge in [-0.15, -0.1) is 0 Å². The zero-order valence-corrected chi connectivity index (χ0v) is 9.58. The quantitative estimate of drug-likeness (QED) is 0.793. The van der Waals surface area contributed by atoms with Gasteiger partial charge in [-0.3, -0.25) is 0 Å². The van der Waals surface area contributed by atoms with E-state index in [1.165, 1.54) is 37.8 Å². The highest BCUT2D eigenvalue weighted by molar-refractivity contribution is 5.15. The van der Waals surface area contributed by atoms with Gasteiger partial charge in [-0.05, 0) is 43.7 Å². The molecule has 1 heteroatoms. The molecule has 1 saturated heterocycles. The van der Waals surface area contributed by atoms with Crippen molar-refractivity contribution in [1.29, 1.82) is 0 Å². The minimum absolute atomic E-state index is 0.781. The fourth-order valence-electron chi connectivity index (χ4n) is 2.54. The molecule has 15 heavy (non-hydrogen) atoms. The van der Waals surface area contributed by atoms with E-state index in [0.717, 1.165) is 12.0 Å². The van der Waals surface area contributed by atoms with E-state index >= 15 is 0 Å². The van der Waals surface area contributed by atoms with Crippen LogP contribution >= 0.6 is 0 Å². The molecule has 0 bridgehead atoms. The predicted octanol–water partition coefficient (Wildman–Crippen LogP) is 3.01. The van der Waals surface area contributed by atoms with E-state index in [2.05, 4.69) is 42.6 Å². The summed E-state index contributed by atoms with van der Waals surface area (Å²) < 4.78 is 0. The Hall–Kier alpha value is -0.820. The molecule has 1 aliphatic heterocycles. The Kier molecular flexibility index (Phi) is 3.79. The minimum Gasteiger partial charge on any atom is -0.314 e. The molecule has 82 valence electrons. The molecular weight excluding hydrogens is 182 g/mol. The Morgan fingerprint density at radius 1 is 1.33 bits per heavy atom. The monoisotopic (exact) mass is 203 g/mol. The Bertz CT molecular complexity index is 275. The summed E-state index contributed by atoms with van der Waals surface area (Å²) in [4.78, 5) is 0. The first-order valence-corrected chi connectivity index (χ1v) is 6.12. The van der Waals surface area contributed by atoms with Crippen molar-refractivity contribution in [1.82, 2.24) is 5.32 Å². The number of hydrogen-bond donors (Lipinski definition) is 1. The smallest absolute Gasteiger partial charge is 0.00701 e. The van der Waals surface area contributed by atoms with E-state index in [4.69, 9.17) is 0 Å². The summed E-state index contributed by atoms with van der Waals surface area (Å²) in [6.07, 6.45) is 5.29. The first kappa shape index (κ1) is 10.7. The van der Waals surface area contributed by atoms with Gasteiger partial charge in [0.2, 0.25) is 0 Å². The molecule has 1 fully saturated rings. The molecule has 2 rings (SSSR count). The molecule has 1 nitrogen and oxygen atoms in total. The predicted molar refractivity (Wildman–Crippen MR) is 65.0 cm³/mol. The zero-order chi connectivity index (χ0) is 10.5. The lowest BCUT2D eigenvalue weighted by atomic mass is 9.94. The maximum Gasteiger partial charge on any atom is 0.00701 e. The van der Waals surface area contributed by atoms with Crippen molar-refractivity contribution >= 4 is 0 Å². The van der Waals surface area contributed by atoms with Crippen LogP contribution in [0.2, 0.25) is 0 Å². The molecule has 1 heterocycles. The first-order valence-electron chi connectivity index (χ1n) is 6.12. The van der Waals surface area contributed by atoms with Crippen LogP contribution in [0.3, 0.4) is 0 Å². The van der Waals surface area contributed by atoms with E-state index < -0.39 is 0 Å². The maximum atomic E-state index is 3.57. The Morgan fingerprint density at radius 2 is 2.13 bits per heavy atom. The van der Waals surface area contributed by atoms with Crippen LogP contribution in [0.25, 0.3) is 0 Å². The number of nitrogens with one attached hydrogen (secondary N) is 1. The third-order valence-corrected chi connectivity index (χ3v) is 3.28. The van der Waals surface area contributed by atoms with Crippen LogP contribution in [0.5, 0.6) is 0 Å². The van der Waals surface area contributed by atoms with Crippen LogP contribution in [0.15, 0.2) is 30.3 Å². The Labute approximate surface area is 92.9 Å². The molecule has 1 aliphatic rings. The third kappa shape index (κ3) is 3.35. The highest BCUT2D eigenvalue weighted by atomic mass is 14.9. The van der Waals surface area contributed by atoms with Gasteiger partial charge in [0.05, 0.1) is 0 Å². The van der Waals surface area contributed by atoms with Crippen molar-refractivity contribution in [2.75, 3.05) is 6.54 Å². The van der Waals surface area contributed by atoms with Gasteiger partial charge in [0.1, 0.15) is 0 Å². The van der Waals surface area contributed by atoms with Crippen LogP contribution in [-0.4, -0.2) is 12.6 Å². The van der Waals surface area contributed by atoms with E-state index in [9.17, 15) is 0 Å². The van der Waals surface area contributed by atoms with Crippen molar-refractivity contribution < 1.29 is 0 Å². The molecule has 1 aromatic carbocycles. The fourth-order valence-corrected chi connectivity index (χ4v) is 2.54. The molecule has 0 radical (unpaired) electrons. The Morgan fingerprint density at radius 3 is 2.80 bits per heavy atom. The van der Waals surface area contributed by atoms with Gasteiger partial charge < -0.3 is 5.32 Å². The summed E-state index contributed by atoms with van der Waals surface area (Å²) in [7, 11) is 0. The minimum atomic E-state index is 0.781. The molecule has 0 saturated carbocycles. The van der Waals surface area contributed by atoms with Crippen molar-refractivity contribution in [3.63, 3.8) is 0 Å². The molecule has 0 aromatic heterocycles. The van der Waals surface area contributed by atoms with E-state index in [0.29, 0.717) is 0 Å². The van der Waals surface area contributed by atoms with Gasteiger partial charge in [-0.1, -0.05) is 37.3 Å². The molecule has 2 unspecified atom stereocenters. The van der Waals surface area contributed by atoms with Gasteiger partial charge in [0.15, 0.2) is 0 Å². The lowest BCUT2D eigenvalue weighted by Crippen LogP contribution is -2.24. The molecule has 0 aliphatic carbocycles. The summed E-state index contributed by atoms with van der Waals surface area (Å²) in [5, 5.41) is 3.57. The largest absolute Gasteiger partial charge is 0.314 e. The topological polar surface area (TPSA) is 12.0 Å². The van der Waals surface area contributed by atoms with Crippen LogP contribution in [-0.2, 0) is 6.42 Å². The van der Waals surface area contributed by atoms with Crippen LogP contribution < -0.4 is 5.32 Å². The molecule has 2 atom stereocenters. The van der Waals surface area contributed by atoms with Gasteiger partial charge in [-0.25, -0.2) is 0 Å². The van der Waals surface area contributed by atoms with Gasteiger partial charge in [0, 0.05) is 6.04 Å². The normalized spacial score (nSPS) is 22.9. The lowest BCUT2D eigenvalue weighted by Gasteiger charge is -2.16. The average molecular weight is 203 g/mol. The number of rotatable bonds is 4. The molecular formula is C14H21N. The SMILES string of the molecule is CC(Cc1ccccc1)CC1CCCN1. The maximum absolute atomic E-state index is 3.57. The number of benzene rings is 1. The van der Waals surface area contributed by atoms with Gasteiger partial charge in [0.25, 0.3) is 0 Å². The summed E-state index contributed by atoms with van der Waals surface area (Å²) in [5.74, 6) is 0.794. The average Bonchev–Trinajstić information content (AvgIpc) is 2.71. The molecule has 0 amide bonds. The molecule has 1 aromatic rings. The van der Waals surface area contributed by atoms with E-state index in [1.807, 2.05) is 0 Å². The summed E-state index contributed by atoms with van der Waals surface area (Å²) in [6, 6.07) is 11.6. The second-order valence-electron chi connectivity index (χ2n) is 4.82. The first-order chi connectivity index (χ1) is 7.34. The summed E-state index contributed by atoms with van der Waals surface area (Å²) >= 11 is 0. The third-order valence-electron chi connectivity index (χ3n) is 3.28. The fraction of sp³-hybridized carbons (Fsp3) is 0.571. The molecule has 1 N–H and O–H groups in total. The highest BCUT2D eigenvalue weighted by Gasteiger charge is 2.16. The second kappa shape index (κ2) is 5.32. The summed E-state index contributed by atoms with van der Waals surface area (Å²) in [5.41, 5.74) is 1.47. The zero-order valence-electron chi connectivity index (χ0n) is 9.58. The van der Waals surface area contributed by atoms with Gasteiger partial charge >= 0.3 is 0 Å². The van der Waals surface area contributed by atoms with Crippen LogP contribution in [0.1, 0.15) is 31.7 Å². The van der Waals surface area contributed by atoms with Gasteiger partial charge in [-0.2, -0.15) is 0 Å². The molecule has 0 spiro atoms. The standard InChI is InChI=1S/C14H21N/c1-12(11-14-8-5-9-15-14)10-13-6-3-2-4-7-13/h2-4,6-7,12,14-15H,5,8-11H2,1H3. The number of hydrogen-bond acceptors (Lipinski definition) is 1.